The molecule has 0 spiro atoms. The molecule has 5 rings (SSSR count). The van der Waals surface area contributed by atoms with Crippen LogP contribution in [0.1, 0.15) is 100 Å². The van der Waals surface area contributed by atoms with E-state index < -0.39 is 20.0 Å². The summed E-state index contributed by atoms with van der Waals surface area (Å²) in [4.78, 5) is 55.0. The molecule has 84 heavy (non-hydrogen) atoms. The van der Waals surface area contributed by atoms with E-state index in [-0.39, 0.29) is 121 Å². The predicted octanol–water partition coefficient (Wildman–Crippen LogP) is 4.25. The Bertz CT molecular complexity index is 2550. The second kappa shape index (κ2) is 38.2. The summed E-state index contributed by atoms with van der Waals surface area (Å²) in [5, 5.41) is 44.7. The highest BCUT2D eigenvalue weighted by Gasteiger charge is 2.34. The molecule has 0 saturated heterocycles. The third kappa shape index (κ3) is 26.4. The van der Waals surface area contributed by atoms with Gasteiger partial charge >= 0.3 is 8.53 Å². The van der Waals surface area contributed by atoms with Crippen LogP contribution in [0.25, 0.3) is 11.1 Å². The molecule has 0 aliphatic heterocycles. The van der Waals surface area contributed by atoms with E-state index in [1.54, 1.807) is 65.9 Å². The normalized spacial score (nSPS) is 12.0. The fraction of sp³-hybridized carbons (Fsp3) is 0.589. The van der Waals surface area contributed by atoms with Crippen molar-refractivity contribution in [1.82, 2.24) is 70.9 Å². The van der Waals surface area contributed by atoms with Gasteiger partial charge in [-0.15, -0.1) is 15.3 Å². The Kier molecular flexibility index (Phi) is 30.9. The molecule has 27 nitrogen and oxygen atoms in total. The second-order valence-corrected chi connectivity index (χ2v) is 21.5. The Labute approximate surface area is 493 Å². The van der Waals surface area contributed by atoms with Crippen molar-refractivity contribution >= 4 is 32.2 Å². The number of nitrogens with zero attached hydrogens (tertiary/aromatic N) is 11. The first-order valence-corrected chi connectivity index (χ1v) is 29.4. The molecule has 4 amide bonds. The van der Waals surface area contributed by atoms with Crippen LogP contribution < -0.4 is 25.8 Å². The molecule has 460 valence electrons. The summed E-state index contributed by atoms with van der Waals surface area (Å²) in [5.41, 5.74) is 2.93. The lowest BCUT2D eigenvalue weighted by Gasteiger charge is -2.35. The van der Waals surface area contributed by atoms with E-state index in [1.165, 1.54) is 0 Å². The van der Waals surface area contributed by atoms with E-state index >= 15 is 0 Å². The third-order valence-electron chi connectivity index (χ3n) is 12.6. The number of benzene rings is 2. The molecule has 4 N–H and O–H groups in total. The summed E-state index contributed by atoms with van der Waals surface area (Å²) in [6.07, 6.45) is 5.72. The van der Waals surface area contributed by atoms with E-state index in [0.717, 1.165) is 11.1 Å². The van der Waals surface area contributed by atoms with Gasteiger partial charge in [0.2, 0.25) is 17.7 Å². The summed E-state index contributed by atoms with van der Waals surface area (Å²) >= 11 is 0. The number of carbonyl (C=O) groups excluding carboxylic acids is 4. The minimum atomic E-state index is -1.50. The van der Waals surface area contributed by atoms with E-state index in [9.17, 15) is 19.2 Å². The van der Waals surface area contributed by atoms with Gasteiger partial charge in [0, 0.05) is 83.2 Å². The Balaban J connectivity index is 1.24. The third-order valence-corrected chi connectivity index (χ3v) is 14.6. The topological polar surface area (TPSA) is 309 Å². The SMILES string of the molecule is CC(C)N(C(C)C)P(OCCC#N)Oc1ccc(-c2ccc(C(=O)NC(CCC(=O)NCCOCCOCc3cn(C)nn3)(CCC(=O)NCCOCCOCc3cn(C)nn3)CCC(=O)NCCOCCOCc3cn(C)nn3)cc2)cc1. The number of nitrogens with one attached hydrogen (secondary N) is 4. The minimum absolute atomic E-state index is 0.0379. The van der Waals surface area contributed by atoms with Gasteiger partial charge in [0.05, 0.1) is 117 Å². The van der Waals surface area contributed by atoms with Gasteiger partial charge < -0.3 is 58.7 Å². The molecular weight excluding hydrogens is 1110 g/mol. The number of aromatic nitrogens is 9. The van der Waals surface area contributed by atoms with Gasteiger partial charge in [0.15, 0.2) is 0 Å². The van der Waals surface area contributed by atoms with Crippen LogP contribution in [0.15, 0.2) is 67.1 Å². The first-order chi connectivity index (χ1) is 40.6. The van der Waals surface area contributed by atoms with Crippen molar-refractivity contribution in [2.24, 2.45) is 21.1 Å². The molecule has 0 radical (unpaired) electrons. The lowest BCUT2D eigenvalue weighted by Crippen LogP contribution is -2.50. The Morgan fingerprint density at radius 2 is 0.940 bits per heavy atom. The smallest absolute Gasteiger partial charge is 0.321 e. The van der Waals surface area contributed by atoms with Gasteiger partial charge in [0.1, 0.15) is 22.8 Å². The molecule has 1 atom stereocenters. The minimum Gasteiger partial charge on any atom is -0.436 e. The average Bonchev–Trinajstić information content (AvgIpc) is 4.38. The van der Waals surface area contributed by atoms with Crippen LogP contribution in [0, 0.1) is 11.3 Å². The molecule has 0 saturated carbocycles. The highest BCUT2D eigenvalue weighted by atomic mass is 31.2. The Morgan fingerprint density at radius 1 is 0.560 bits per heavy atom. The number of hydrogen-bond acceptors (Lipinski definition) is 20. The first kappa shape index (κ1) is 67.9. The maximum Gasteiger partial charge on any atom is 0.321 e. The number of carbonyl (C=O) groups is 4. The number of ether oxygens (including phenoxy) is 6. The van der Waals surface area contributed by atoms with Crippen molar-refractivity contribution in [3.05, 3.63) is 89.8 Å². The van der Waals surface area contributed by atoms with Crippen molar-refractivity contribution in [1.29, 1.82) is 5.26 Å². The largest absolute Gasteiger partial charge is 0.436 e. The molecule has 28 heteroatoms. The fourth-order valence-electron chi connectivity index (χ4n) is 8.46. The molecule has 5 aromatic rings. The summed E-state index contributed by atoms with van der Waals surface area (Å²) in [7, 11) is 3.82. The Hall–Kier alpha value is -6.86. The van der Waals surface area contributed by atoms with Crippen LogP contribution in [-0.4, -0.2) is 177 Å². The summed E-state index contributed by atoms with van der Waals surface area (Å²) in [5.74, 6) is -0.752. The summed E-state index contributed by atoms with van der Waals surface area (Å²) < 4.78 is 53.2. The molecular formula is C56H84N15O12P. The number of amides is 4. The molecule has 2 aromatic carbocycles. The summed E-state index contributed by atoms with van der Waals surface area (Å²) in [6, 6.07) is 17.1. The monoisotopic (exact) mass is 1190 g/mol. The number of hydrogen-bond donors (Lipinski definition) is 4. The standard InChI is InChI=1S/C56H84N15O12P/c1-43(2)71(44(3)4)84(82-27-8-23-57)83-51-15-13-46(14-16-51)45-9-11-47(12-10-45)55(75)61-56(20-17-52(72)58-24-28-76-31-34-79-40-48-37-68(5)65-62-48,21-18-53(73)59-25-29-77-32-35-80-41-49-38-69(6)66-63-49)22-19-54(74)60-26-30-78-33-36-81-42-50-39-70(7)67-64-50/h9-16,37-39,43-44H,8,17-22,24-36,40-42H2,1-7H3,(H,58,72)(H,59,73)(H,60,74)(H,61,75). The van der Waals surface area contributed by atoms with Gasteiger partial charge in [-0.1, -0.05) is 39.9 Å². The van der Waals surface area contributed by atoms with Gasteiger partial charge in [-0.25, -0.2) is 4.67 Å². The van der Waals surface area contributed by atoms with Gasteiger partial charge in [-0.05, 0) is 82.3 Å². The molecule has 0 fully saturated rings. The van der Waals surface area contributed by atoms with E-state index in [4.69, 9.17) is 42.7 Å². The zero-order chi connectivity index (χ0) is 60.4. The average molecular weight is 1190 g/mol. The van der Waals surface area contributed by atoms with Crippen LogP contribution in [0.4, 0.5) is 0 Å². The zero-order valence-electron chi connectivity index (χ0n) is 49.5. The van der Waals surface area contributed by atoms with Crippen molar-refractivity contribution in [3.63, 3.8) is 0 Å². The van der Waals surface area contributed by atoms with Crippen LogP contribution in [0.3, 0.4) is 0 Å². The molecule has 3 heterocycles. The molecule has 0 aliphatic carbocycles. The van der Waals surface area contributed by atoms with Crippen molar-refractivity contribution in [3.8, 4) is 22.9 Å². The fourth-order valence-corrected chi connectivity index (χ4v) is 10.0. The lowest BCUT2D eigenvalue weighted by molar-refractivity contribution is -0.121. The molecule has 3 aromatic heterocycles. The highest BCUT2D eigenvalue weighted by molar-refractivity contribution is 7.45. The first-order valence-electron chi connectivity index (χ1n) is 28.2. The van der Waals surface area contributed by atoms with E-state index in [0.29, 0.717) is 87.9 Å². The van der Waals surface area contributed by atoms with E-state index in [2.05, 4.69) is 90.6 Å². The second-order valence-electron chi connectivity index (χ2n) is 20.2. The van der Waals surface area contributed by atoms with Gasteiger partial charge in [-0.3, -0.25) is 33.2 Å². The molecule has 0 aliphatic rings. The van der Waals surface area contributed by atoms with Crippen molar-refractivity contribution in [2.45, 2.75) is 110 Å². The van der Waals surface area contributed by atoms with Gasteiger partial charge in [-0.2, -0.15) is 5.26 Å². The van der Waals surface area contributed by atoms with Crippen molar-refractivity contribution < 1.29 is 56.6 Å². The number of rotatable bonds is 44. The van der Waals surface area contributed by atoms with Crippen LogP contribution in [0.2, 0.25) is 0 Å². The molecule has 1 unspecified atom stereocenters. The lowest BCUT2D eigenvalue weighted by atomic mass is 9.82. The molecule has 0 bridgehead atoms. The van der Waals surface area contributed by atoms with Crippen LogP contribution >= 0.6 is 8.53 Å². The van der Waals surface area contributed by atoms with Crippen molar-refractivity contribution in [2.75, 3.05) is 85.7 Å². The van der Waals surface area contributed by atoms with Crippen LogP contribution in [0.5, 0.6) is 5.75 Å². The van der Waals surface area contributed by atoms with Crippen LogP contribution in [-0.2, 0) is 88.3 Å². The maximum atomic E-state index is 14.5. The summed E-state index contributed by atoms with van der Waals surface area (Å²) in [6.45, 7) is 12.6. The number of aryl methyl sites for hydroxylation is 3. The van der Waals surface area contributed by atoms with Gasteiger partial charge in [0.25, 0.3) is 5.91 Å². The predicted molar refractivity (Wildman–Crippen MR) is 309 cm³/mol. The maximum absolute atomic E-state index is 14.5. The van der Waals surface area contributed by atoms with E-state index in [1.807, 2.05) is 36.4 Å². The Morgan fingerprint density at radius 3 is 1.30 bits per heavy atom. The highest BCUT2D eigenvalue weighted by Crippen LogP contribution is 2.46. The zero-order valence-corrected chi connectivity index (χ0v) is 50.4. The quantitative estimate of drug-likeness (QED) is 0.0313. The number of nitriles is 1.